The van der Waals surface area contributed by atoms with Crippen molar-refractivity contribution in [3.05, 3.63) is 36.0 Å². The Balaban J connectivity index is 2.08. The largest absolute Gasteiger partial charge is 0.385 e. The highest BCUT2D eigenvalue weighted by molar-refractivity contribution is 5.17. The van der Waals surface area contributed by atoms with E-state index in [9.17, 15) is 5.11 Å². The van der Waals surface area contributed by atoms with Crippen molar-refractivity contribution >= 4 is 0 Å². The number of hydrogen-bond donors (Lipinski definition) is 1. The van der Waals surface area contributed by atoms with Crippen LogP contribution in [0.15, 0.2) is 36.0 Å². The minimum absolute atomic E-state index is 0.588. The Morgan fingerprint density at radius 1 is 1.47 bits per heavy atom. The monoisotopic (exact) mass is 260 g/mol. The SMILES string of the molecule is CCC1CC=CC(C)C1/C=C/C1(O)CCC=C(C)C1. The van der Waals surface area contributed by atoms with E-state index in [1.807, 2.05) is 0 Å². The summed E-state index contributed by atoms with van der Waals surface area (Å²) in [6.07, 6.45) is 16.4. The van der Waals surface area contributed by atoms with Crippen LogP contribution >= 0.6 is 0 Å². The molecule has 1 nitrogen and oxygen atoms in total. The van der Waals surface area contributed by atoms with E-state index >= 15 is 0 Å². The molecule has 0 aromatic carbocycles. The van der Waals surface area contributed by atoms with Gasteiger partial charge in [0.2, 0.25) is 0 Å². The normalized spacial score (nSPS) is 39.6. The molecule has 106 valence electrons. The summed E-state index contributed by atoms with van der Waals surface area (Å²) in [5, 5.41) is 10.7. The van der Waals surface area contributed by atoms with Crippen molar-refractivity contribution in [2.45, 2.75) is 58.5 Å². The Bertz CT molecular complexity index is 390. The van der Waals surface area contributed by atoms with Gasteiger partial charge in [-0.05, 0) is 43.9 Å². The summed E-state index contributed by atoms with van der Waals surface area (Å²) in [4.78, 5) is 0. The molecule has 4 unspecified atom stereocenters. The first-order valence-electron chi connectivity index (χ1n) is 7.78. The standard InChI is InChI=1S/C18H28O/c1-4-16-9-5-8-15(3)17(16)10-12-18(19)11-6-7-14(2)13-18/h5,7-8,10,12,15-17,19H,4,6,9,11,13H2,1-3H3/b12-10+. The first-order valence-corrected chi connectivity index (χ1v) is 7.78. The van der Waals surface area contributed by atoms with Crippen molar-refractivity contribution in [3.63, 3.8) is 0 Å². The lowest BCUT2D eigenvalue weighted by Gasteiger charge is -2.33. The molecule has 19 heavy (non-hydrogen) atoms. The molecular formula is C18H28O. The molecule has 4 atom stereocenters. The number of rotatable bonds is 3. The Morgan fingerprint density at radius 3 is 2.95 bits per heavy atom. The van der Waals surface area contributed by atoms with Crippen molar-refractivity contribution in [1.82, 2.24) is 0 Å². The first kappa shape index (κ1) is 14.6. The van der Waals surface area contributed by atoms with Gasteiger partial charge in [0.05, 0.1) is 5.60 Å². The van der Waals surface area contributed by atoms with Crippen LogP contribution in [0.2, 0.25) is 0 Å². The topological polar surface area (TPSA) is 20.2 Å². The molecule has 0 saturated heterocycles. The average molecular weight is 260 g/mol. The van der Waals surface area contributed by atoms with Crippen molar-refractivity contribution in [2.75, 3.05) is 0 Å². The van der Waals surface area contributed by atoms with Gasteiger partial charge in [0.25, 0.3) is 0 Å². The predicted octanol–water partition coefficient (Wildman–Crippen LogP) is 4.64. The van der Waals surface area contributed by atoms with Crippen molar-refractivity contribution in [1.29, 1.82) is 0 Å². The maximum Gasteiger partial charge on any atom is 0.0867 e. The molecule has 0 aliphatic heterocycles. The molecule has 0 radical (unpaired) electrons. The highest BCUT2D eigenvalue weighted by Crippen LogP contribution is 2.35. The zero-order chi connectivity index (χ0) is 13.9. The van der Waals surface area contributed by atoms with Crippen LogP contribution in [0.3, 0.4) is 0 Å². The Morgan fingerprint density at radius 2 is 2.26 bits per heavy atom. The molecule has 0 aromatic heterocycles. The molecule has 0 fully saturated rings. The Kier molecular flexibility index (Phi) is 4.67. The van der Waals surface area contributed by atoms with E-state index in [4.69, 9.17) is 0 Å². The van der Waals surface area contributed by atoms with Crippen LogP contribution in [-0.4, -0.2) is 10.7 Å². The van der Waals surface area contributed by atoms with Gasteiger partial charge in [-0.3, -0.25) is 0 Å². The molecule has 0 amide bonds. The minimum atomic E-state index is -0.599. The van der Waals surface area contributed by atoms with Crippen molar-refractivity contribution in [3.8, 4) is 0 Å². The van der Waals surface area contributed by atoms with Gasteiger partial charge in [-0.2, -0.15) is 0 Å². The molecule has 1 N–H and O–H groups in total. The summed E-state index contributed by atoms with van der Waals surface area (Å²) in [7, 11) is 0. The van der Waals surface area contributed by atoms with E-state index in [0.29, 0.717) is 11.8 Å². The molecule has 2 aliphatic rings. The van der Waals surface area contributed by atoms with Gasteiger partial charge >= 0.3 is 0 Å². The van der Waals surface area contributed by atoms with Gasteiger partial charge in [0.1, 0.15) is 0 Å². The van der Waals surface area contributed by atoms with E-state index in [-0.39, 0.29) is 0 Å². The Hall–Kier alpha value is -0.820. The number of allylic oxidation sites excluding steroid dienone is 4. The molecule has 2 aliphatic carbocycles. The van der Waals surface area contributed by atoms with E-state index in [1.165, 1.54) is 18.4 Å². The molecule has 0 saturated carbocycles. The maximum absolute atomic E-state index is 10.7. The quantitative estimate of drug-likeness (QED) is 0.733. The summed E-state index contributed by atoms with van der Waals surface area (Å²) < 4.78 is 0. The fourth-order valence-corrected chi connectivity index (χ4v) is 3.60. The second kappa shape index (κ2) is 6.09. The highest BCUT2D eigenvalue weighted by Gasteiger charge is 2.29. The van der Waals surface area contributed by atoms with Crippen LogP contribution in [0, 0.1) is 17.8 Å². The summed E-state index contributed by atoms with van der Waals surface area (Å²) in [5.41, 5.74) is 0.722. The zero-order valence-corrected chi connectivity index (χ0v) is 12.6. The van der Waals surface area contributed by atoms with Gasteiger partial charge < -0.3 is 5.11 Å². The summed E-state index contributed by atoms with van der Waals surface area (Å²) in [6, 6.07) is 0. The van der Waals surface area contributed by atoms with Crippen LogP contribution in [-0.2, 0) is 0 Å². The smallest absolute Gasteiger partial charge is 0.0867 e. The summed E-state index contributed by atoms with van der Waals surface area (Å²) in [6.45, 7) is 6.70. The summed E-state index contributed by atoms with van der Waals surface area (Å²) in [5.74, 6) is 1.92. The molecule has 0 aromatic rings. The van der Waals surface area contributed by atoms with Gasteiger partial charge in [-0.15, -0.1) is 0 Å². The summed E-state index contributed by atoms with van der Waals surface area (Å²) >= 11 is 0. The van der Waals surface area contributed by atoms with Crippen LogP contribution in [0.5, 0.6) is 0 Å². The molecular weight excluding hydrogens is 232 g/mol. The maximum atomic E-state index is 10.7. The second-order valence-electron chi connectivity index (χ2n) is 6.50. The van der Waals surface area contributed by atoms with E-state index in [2.05, 4.69) is 51.2 Å². The van der Waals surface area contributed by atoms with Crippen LogP contribution in [0.4, 0.5) is 0 Å². The van der Waals surface area contributed by atoms with Gasteiger partial charge in [-0.1, -0.05) is 56.2 Å². The second-order valence-corrected chi connectivity index (χ2v) is 6.50. The third-order valence-electron chi connectivity index (χ3n) is 4.84. The fourth-order valence-electron chi connectivity index (χ4n) is 3.60. The molecule has 0 spiro atoms. The van der Waals surface area contributed by atoms with Crippen LogP contribution < -0.4 is 0 Å². The first-order chi connectivity index (χ1) is 9.04. The molecule has 0 bridgehead atoms. The number of aliphatic hydroxyl groups is 1. The lowest BCUT2D eigenvalue weighted by atomic mass is 9.74. The van der Waals surface area contributed by atoms with E-state index < -0.39 is 5.60 Å². The molecule has 1 heteroatoms. The third kappa shape index (κ3) is 3.60. The van der Waals surface area contributed by atoms with Gasteiger partial charge in [0.15, 0.2) is 0 Å². The zero-order valence-electron chi connectivity index (χ0n) is 12.6. The Labute approximate surface area is 118 Å². The van der Waals surface area contributed by atoms with Crippen LogP contribution in [0.25, 0.3) is 0 Å². The predicted molar refractivity (Wildman–Crippen MR) is 81.9 cm³/mol. The van der Waals surface area contributed by atoms with Crippen molar-refractivity contribution in [2.24, 2.45) is 17.8 Å². The van der Waals surface area contributed by atoms with Gasteiger partial charge in [-0.25, -0.2) is 0 Å². The van der Waals surface area contributed by atoms with Gasteiger partial charge in [0, 0.05) is 6.42 Å². The minimum Gasteiger partial charge on any atom is -0.385 e. The third-order valence-corrected chi connectivity index (χ3v) is 4.84. The fraction of sp³-hybridized carbons (Fsp3) is 0.667. The molecule has 0 heterocycles. The lowest BCUT2D eigenvalue weighted by Crippen LogP contribution is -2.29. The lowest BCUT2D eigenvalue weighted by molar-refractivity contribution is 0.0769. The van der Waals surface area contributed by atoms with E-state index in [1.54, 1.807) is 0 Å². The molecule has 2 rings (SSSR count). The number of hydrogen-bond acceptors (Lipinski definition) is 1. The van der Waals surface area contributed by atoms with E-state index in [0.717, 1.165) is 25.2 Å². The highest BCUT2D eigenvalue weighted by atomic mass is 16.3. The van der Waals surface area contributed by atoms with Crippen molar-refractivity contribution < 1.29 is 5.11 Å². The average Bonchev–Trinajstić information content (AvgIpc) is 2.36. The van der Waals surface area contributed by atoms with Crippen LogP contribution in [0.1, 0.15) is 52.9 Å².